The Morgan fingerprint density at radius 2 is 2.00 bits per heavy atom. The second-order valence-corrected chi connectivity index (χ2v) is 7.33. The molecule has 0 amide bonds. The molecular formula is C20H22NO3+. The highest BCUT2D eigenvalue weighted by molar-refractivity contribution is 5.53. The van der Waals surface area contributed by atoms with Crippen molar-refractivity contribution in [1.29, 1.82) is 0 Å². The summed E-state index contributed by atoms with van der Waals surface area (Å²) in [5, 5.41) is 0. The summed E-state index contributed by atoms with van der Waals surface area (Å²) in [5.41, 5.74) is 5.66. The Hall–Kier alpha value is -2.20. The van der Waals surface area contributed by atoms with E-state index in [2.05, 4.69) is 37.4 Å². The van der Waals surface area contributed by atoms with Crippen molar-refractivity contribution in [2.75, 3.05) is 27.5 Å². The van der Waals surface area contributed by atoms with Gasteiger partial charge in [0, 0.05) is 18.4 Å². The van der Waals surface area contributed by atoms with Gasteiger partial charge in [-0.05, 0) is 29.3 Å². The minimum absolute atomic E-state index is 0.346. The third kappa shape index (κ3) is 1.89. The molecule has 0 N–H and O–H groups in total. The number of quaternary nitrogens is 1. The van der Waals surface area contributed by atoms with Crippen LogP contribution in [0.2, 0.25) is 0 Å². The molecule has 0 spiro atoms. The van der Waals surface area contributed by atoms with Crippen molar-refractivity contribution < 1.29 is 18.7 Å². The van der Waals surface area contributed by atoms with Crippen LogP contribution in [0, 0.1) is 0 Å². The maximum absolute atomic E-state index is 5.78. The Kier molecular flexibility index (Phi) is 2.89. The molecule has 3 aliphatic rings. The second-order valence-electron chi connectivity index (χ2n) is 7.33. The van der Waals surface area contributed by atoms with Gasteiger partial charge in [-0.25, -0.2) is 0 Å². The number of benzene rings is 2. The highest BCUT2D eigenvalue weighted by Gasteiger charge is 2.44. The largest absolute Gasteiger partial charge is 0.497 e. The summed E-state index contributed by atoms with van der Waals surface area (Å²) in [5.74, 6) is 2.83. The smallest absolute Gasteiger partial charge is 0.231 e. The SMILES string of the molecule is COc1ccc2c(c1)C1Cc3ccc4c(c3C[N+]1(C)CC2)OCO4. The zero-order valence-corrected chi connectivity index (χ0v) is 14.2. The highest BCUT2D eigenvalue weighted by Crippen LogP contribution is 2.48. The molecule has 2 aromatic rings. The fraction of sp³-hybridized carbons (Fsp3) is 0.400. The Labute approximate surface area is 142 Å². The lowest BCUT2D eigenvalue weighted by atomic mass is 9.81. The Morgan fingerprint density at radius 1 is 1.12 bits per heavy atom. The number of nitrogens with zero attached hydrogens (tertiary/aromatic N) is 1. The molecule has 124 valence electrons. The van der Waals surface area contributed by atoms with Crippen LogP contribution in [0.5, 0.6) is 17.2 Å². The number of rotatable bonds is 1. The molecule has 0 bridgehead atoms. The first kappa shape index (κ1) is 14.2. The summed E-state index contributed by atoms with van der Waals surface area (Å²) in [4.78, 5) is 0. The van der Waals surface area contributed by atoms with E-state index in [1.165, 1.54) is 22.3 Å². The molecule has 0 aromatic heterocycles. The quantitative estimate of drug-likeness (QED) is 0.754. The molecule has 2 aromatic carbocycles. The van der Waals surface area contributed by atoms with Gasteiger partial charge in [0.1, 0.15) is 18.3 Å². The molecule has 3 aliphatic heterocycles. The van der Waals surface area contributed by atoms with Crippen LogP contribution in [0.25, 0.3) is 0 Å². The normalized spacial score (nSPS) is 26.3. The van der Waals surface area contributed by atoms with Crippen LogP contribution in [0.4, 0.5) is 0 Å². The van der Waals surface area contributed by atoms with Crippen LogP contribution < -0.4 is 14.2 Å². The molecular weight excluding hydrogens is 302 g/mol. The highest BCUT2D eigenvalue weighted by atomic mass is 16.7. The third-order valence-corrected chi connectivity index (χ3v) is 6.03. The van der Waals surface area contributed by atoms with E-state index in [9.17, 15) is 0 Å². The van der Waals surface area contributed by atoms with Gasteiger partial charge in [-0.1, -0.05) is 12.1 Å². The minimum atomic E-state index is 0.346. The summed E-state index contributed by atoms with van der Waals surface area (Å²) in [7, 11) is 4.13. The monoisotopic (exact) mass is 324 g/mol. The summed E-state index contributed by atoms with van der Waals surface area (Å²) < 4.78 is 17.9. The predicted molar refractivity (Wildman–Crippen MR) is 90.5 cm³/mol. The molecule has 0 saturated carbocycles. The molecule has 0 fully saturated rings. The molecule has 2 atom stereocenters. The summed E-state index contributed by atoms with van der Waals surface area (Å²) in [6.07, 6.45) is 2.16. The van der Waals surface area contributed by atoms with Gasteiger partial charge in [0.15, 0.2) is 11.5 Å². The van der Waals surface area contributed by atoms with E-state index in [1.54, 1.807) is 7.11 Å². The maximum atomic E-state index is 5.78. The Balaban J connectivity index is 1.63. The fourth-order valence-corrected chi connectivity index (χ4v) is 4.63. The van der Waals surface area contributed by atoms with E-state index in [4.69, 9.17) is 14.2 Å². The van der Waals surface area contributed by atoms with Gasteiger partial charge >= 0.3 is 0 Å². The van der Waals surface area contributed by atoms with Crippen molar-refractivity contribution in [2.45, 2.75) is 25.4 Å². The first-order valence-electron chi connectivity index (χ1n) is 8.59. The van der Waals surface area contributed by atoms with Crippen LogP contribution >= 0.6 is 0 Å². The number of methoxy groups -OCH3 is 1. The van der Waals surface area contributed by atoms with E-state index in [0.29, 0.717) is 12.8 Å². The van der Waals surface area contributed by atoms with E-state index in [-0.39, 0.29) is 0 Å². The second kappa shape index (κ2) is 4.90. The first-order chi connectivity index (χ1) is 11.7. The molecule has 24 heavy (non-hydrogen) atoms. The summed E-state index contributed by atoms with van der Waals surface area (Å²) in [6, 6.07) is 11.3. The van der Waals surface area contributed by atoms with Crippen LogP contribution in [-0.2, 0) is 19.4 Å². The fourth-order valence-electron chi connectivity index (χ4n) is 4.63. The topological polar surface area (TPSA) is 27.7 Å². The predicted octanol–water partition coefficient (Wildman–Crippen LogP) is 3.22. The molecule has 0 radical (unpaired) electrons. The number of hydrogen-bond acceptors (Lipinski definition) is 3. The molecule has 3 heterocycles. The first-order valence-corrected chi connectivity index (χ1v) is 8.59. The Bertz CT molecular complexity index is 832. The number of fused-ring (bicyclic) bond motifs is 6. The molecule has 0 aliphatic carbocycles. The van der Waals surface area contributed by atoms with Gasteiger partial charge in [-0.2, -0.15) is 0 Å². The van der Waals surface area contributed by atoms with Crippen molar-refractivity contribution in [3.63, 3.8) is 0 Å². The van der Waals surface area contributed by atoms with Gasteiger partial charge in [-0.15, -0.1) is 0 Å². The molecule has 4 heteroatoms. The lowest BCUT2D eigenvalue weighted by Crippen LogP contribution is -2.53. The molecule has 5 rings (SSSR count). The molecule has 4 nitrogen and oxygen atoms in total. The van der Waals surface area contributed by atoms with Crippen LogP contribution in [0.15, 0.2) is 30.3 Å². The van der Waals surface area contributed by atoms with E-state index >= 15 is 0 Å². The van der Waals surface area contributed by atoms with Crippen molar-refractivity contribution in [2.24, 2.45) is 0 Å². The van der Waals surface area contributed by atoms with Crippen molar-refractivity contribution in [3.05, 3.63) is 52.6 Å². The lowest BCUT2D eigenvalue weighted by molar-refractivity contribution is -0.956. The molecule has 2 unspecified atom stereocenters. The summed E-state index contributed by atoms with van der Waals surface area (Å²) in [6.45, 7) is 2.51. The standard InChI is InChI=1S/C20H22NO3/c1-21-8-7-13-3-5-15(22-2)10-16(13)18(21)9-14-4-6-19-20(17(14)11-21)24-12-23-19/h3-6,10,18H,7-9,11-12H2,1-2H3/q+1. The average molecular weight is 324 g/mol. The number of hydrogen-bond donors (Lipinski definition) is 0. The van der Waals surface area contributed by atoms with Crippen molar-refractivity contribution in [1.82, 2.24) is 0 Å². The van der Waals surface area contributed by atoms with Crippen LogP contribution in [0.1, 0.15) is 28.3 Å². The van der Waals surface area contributed by atoms with Gasteiger partial charge in [-0.3, -0.25) is 0 Å². The van der Waals surface area contributed by atoms with Crippen molar-refractivity contribution in [3.8, 4) is 17.2 Å². The van der Waals surface area contributed by atoms with Gasteiger partial charge < -0.3 is 18.7 Å². The lowest BCUT2D eigenvalue weighted by Gasteiger charge is -2.49. The molecule has 0 saturated heterocycles. The zero-order chi connectivity index (χ0) is 16.3. The van der Waals surface area contributed by atoms with Gasteiger partial charge in [0.25, 0.3) is 0 Å². The third-order valence-electron chi connectivity index (χ3n) is 6.03. The summed E-state index contributed by atoms with van der Waals surface area (Å²) >= 11 is 0. The van der Waals surface area contributed by atoms with E-state index in [0.717, 1.165) is 47.7 Å². The van der Waals surface area contributed by atoms with Crippen LogP contribution in [0.3, 0.4) is 0 Å². The zero-order valence-electron chi connectivity index (χ0n) is 14.2. The number of likely N-dealkylation sites (N-methyl/N-ethyl adjacent to an activating group) is 1. The van der Waals surface area contributed by atoms with E-state index < -0.39 is 0 Å². The average Bonchev–Trinajstić information content (AvgIpc) is 3.08. The Morgan fingerprint density at radius 3 is 2.88 bits per heavy atom. The number of ether oxygens (including phenoxy) is 3. The van der Waals surface area contributed by atoms with Crippen LogP contribution in [-0.4, -0.2) is 32.0 Å². The maximum Gasteiger partial charge on any atom is 0.231 e. The van der Waals surface area contributed by atoms with Gasteiger partial charge in [0.05, 0.1) is 26.3 Å². The van der Waals surface area contributed by atoms with Gasteiger partial charge in [0.2, 0.25) is 6.79 Å². The van der Waals surface area contributed by atoms with Crippen molar-refractivity contribution >= 4 is 0 Å². The van der Waals surface area contributed by atoms with E-state index in [1.807, 2.05) is 0 Å². The minimum Gasteiger partial charge on any atom is -0.497 e.